The zero-order chi connectivity index (χ0) is 26.2. The molecule has 3 aliphatic rings. The number of hydrogen-bond donors (Lipinski definition) is 2. The van der Waals surface area contributed by atoms with Crippen molar-refractivity contribution in [3.8, 4) is 0 Å². The Bertz CT molecular complexity index is 1340. The predicted molar refractivity (Wildman–Crippen MR) is 148 cm³/mol. The van der Waals surface area contributed by atoms with Gasteiger partial charge >= 0.3 is 5.97 Å². The van der Waals surface area contributed by atoms with Crippen LogP contribution < -0.4 is 15.1 Å². The molecule has 2 fully saturated rings. The minimum absolute atomic E-state index is 0.00680. The summed E-state index contributed by atoms with van der Waals surface area (Å²) in [6.07, 6.45) is 6.87. The SMILES string of the molecule is O=C(O)c1cccc([N+](=O)[O-])c1Nc1ccc2c(c1)CN(c1ccc(N3CCC4CCCCC4C3)cc1)C2. The van der Waals surface area contributed by atoms with E-state index in [1.807, 2.05) is 18.2 Å². The maximum absolute atomic E-state index is 11.7. The molecule has 0 radical (unpaired) electrons. The average Bonchev–Trinajstić information content (AvgIpc) is 3.36. The molecule has 0 spiro atoms. The fourth-order valence-electron chi connectivity index (χ4n) is 6.51. The molecule has 1 saturated carbocycles. The number of nitro groups is 1. The standard InChI is InChI=1S/C30H32N4O4/c35-30(36)27-6-3-7-28(34(37)38)29(27)31-24-9-8-22-18-33(19-23(22)16-24)26-12-10-25(11-13-26)32-15-14-20-4-1-2-5-21(20)17-32/h3,6-13,16,20-21,31H,1-2,4-5,14-15,17-19H2,(H,35,36). The summed E-state index contributed by atoms with van der Waals surface area (Å²) in [5.41, 5.74) is 5.01. The topological polar surface area (TPSA) is 98.9 Å². The summed E-state index contributed by atoms with van der Waals surface area (Å²) in [7, 11) is 0. The van der Waals surface area contributed by atoms with Gasteiger partial charge in [0.1, 0.15) is 5.69 Å². The van der Waals surface area contributed by atoms with Gasteiger partial charge in [0.25, 0.3) is 5.69 Å². The second-order valence-electron chi connectivity index (χ2n) is 10.8. The summed E-state index contributed by atoms with van der Waals surface area (Å²) >= 11 is 0. The van der Waals surface area contributed by atoms with Gasteiger partial charge in [-0.05, 0) is 78.3 Å². The van der Waals surface area contributed by atoms with Crippen molar-refractivity contribution in [2.75, 3.05) is 28.2 Å². The van der Waals surface area contributed by atoms with Crippen LogP contribution in [0.25, 0.3) is 0 Å². The lowest BCUT2D eigenvalue weighted by Gasteiger charge is -2.42. The number of para-hydroxylation sites is 1. The molecule has 1 aliphatic carbocycles. The fourth-order valence-corrected chi connectivity index (χ4v) is 6.51. The molecule has 3 aromatic rings. The van der Waals surface area contributed by atoms with Gasteiger partial charge in [-0.2, -0.15) is 0 Å². The van der Waals surface area contributed by atoms with E-state index in [4.69, 9.17) is 0 Å². The third kappa shape index (κ3) is 4.66. The summed E-state index contributed by atoms with van der Waals surface area (Å²) in [5.74, 6) is 0.553. The number of fused-ring (bicyclic) bond motifs is 2. The molecule has 2 unspecified atom stereocenters. The van der Waals surface area contributed by atoms with Crippen LogP contribution in [0.2, 0.25) is 0 Å². The number of piperidine rings is 1. The van der Waals surface area contributed by atoms with Crippen molar-refractivity contribution in [2.24, 2.45) is 11.8 Å². The quantitative estimate of drug-likeness (QED) is 0.284. The van der Waals surface area contributed by atoms with E-state index >= 15 is 0 Å². The first kappa shape index (κ1) is 24.3. The molecule has 2 aliphatic heterocycles. The van der Waals surface area contributed by atoms with Crippen LogP contribution >= 0.6 is 0 Å². The molecule has 0 amide bonds. The molecule has 1 saturated heterocycles. The number of hydrogen-bond acceptors (Lipinski definition) is 6. The van der Waals surface area contributed by atoms with Gasteiger partial charge in [-0.1, -0.05) is 31.4 Å². The van der Waals surface area contributed by atoms with Crippen LogP contribution in [0.1, 0.15) is 53.6 Å². The van der Waals surface area contributed by atoms with Crippen LogP contribution in [0.4, 0.5) is 28.4 Å². The van der Waals surface area contributed by atoms with Gasteiger partial charge in [0.2, 0.25) is 0 Å². The second-order valence-corrected chi connectivity index (χ2v) is 10.8. The number of nitro benzene ring substituents is 1. The Kier molecular flexibility index (Phi) is 6.39. The van der Waals surface area contributed by atoms with Gasteiger partial charge in [0.05, 0.1) is 10.5 Å². The number of nitrogens with zero attached hydrogens (tertiary/aromatic N) is 3. The number of benzene rings is 3. The Hall–Kier alpha value is -4.07. The number of anilines is 4. The normalized spacial score (nSPS) is 20.5. The molecule has 8 heteroatoms. The molecule has 6 rings (SSSR count). The smallest absolute Gasteiger partial charge is 0.338 e. The molecule has 196 valence electrons. The molecule has 2 N–H and O–H groups in total. The lowest BCUT2D eigenvalue weighted by molar-refractivity contribution is -0.383. The molecule has 2 atom stereocenters. The summed E-state index contributed by atoms with van der Waals surface area (Å²) in [5, 5.41) is 24.1. The first-order valence-corrected chi connectivity index (χ1v) is 13.5. The largest absolute Gasteiger partial charge is 0.478 e. The van der Waals surface area contributed by atoms with Crippen LogP contribution in [0.15, 0.2) is 60.7 Å². The Morgan fingerprint density at radius 3 is 2.34 bits per heavy atom. The maximum Gasteiger partial charge on any atom is 0.338 e. The van der Waals surface area contributed by atoms with Gasteiger partial charge in [-0.25, -0.2) is 4.79 Å². The van der Waals surface area contributed by atoms with Gasteiger partial charge in [0.15, 0.2) is 0 Å². The molecule has 38 heavy (non-hydrogen) atoms. The first-order chi connectivity index (χ1) is 18.5. The first-order valence-electron chi connectivity index (χ1n) is 13.5. The Labute approximate surface area is 222 Å². The summed E-state index contributed by atoms with van der Waals surface area (Å²) < 4.78 is 0. The molecular weight excluding hydrogens is 480 g/mol. The van der Waals surface area contributed by atoms with E-state index in [1.54, 1.807) is 0 Å². The molecule has 3 aromatic carbocycles. The van der Waals surface area contributed by atoms with Crippen LogP contribution in [0, 0.1) is 22.0 Å². The number of carboxylic acids is 1. The third-order valence-corrected chi connectivity index (χ3v) is 8.54. The van der Waals surface area contributed by atoms with Gasteiger partial charge < -0.3 is 20.2 Å². The zero-order valence-electron chi connectivity index (χ0n) is 21.3. The number of rotatable bonds is 6. The minimum atomic E-state index is -1.21. The molecule has 2 heterocycles. The maximum atomic E-state index is 11.7. The number of carboxylic acid groups (broad SMARTS) is 1. The second kappa shape index (κ2) is 10.0. The van der Waals surface area contributed by atoms with Crippen molar-refractivity contribution in [1.82, 2.24) is 0 Å². The fraction of sp³-hybridized carbons (Fsp3) is 0.367. The van der Waals surface area contributed by atoms with Crippen molar-refractivity contribution in [1.29, 1.82) is 0 Å². The summed E-state index contributed by atoms with van der Waals surface area (Å²) in [4.78, 5) is 27.5. The van der Waals surface area contributed by atoms with E-state index in [9.17, 15) is 20.0 Å². The van der Waals surface area contributed by atoms with Crippen LogP contribution in [0.3, 0.4) is 0 Å². The van der Waals surface area contributed by atoms with E-state index in [1.165, 1.54) is 73.8 Å². The Morgan fingerprint density at radius 1 is 0.895 bits per heavy atom. The van der Waals surface area contributed by atoms with E-state index in [2.05, 4.69) is 39.4 Å². The monoisotopic (exact) mass is 512 g/mol. The Morgan fingerprint density at radius 2 is 1.61 bits per heavy atom. The van der Waals surface area contributed by atoms with Crippen molar-refractivity contribution >= 4 is 34.4 Å². The van der Waals surface area contributed by atoms with Gasteiger partial charge in [0, 0.05) is 49.3 Å². The minimum Gasteiger partial charge on any atom is -0.478 e. The highest BCUT2D eigenvalue weighted by Crippen LogP contribution is 2.39. The van der Waals surface area contributed by atoms with E-state index in [0.29, 0.717) is 5.69 Å². The molecule has 0 aromatic heterocycles. The molecule has 8 nitrogen and oxygen atoms in total. The van der Waals surface area contributed by atoms with Crippen LogP contribution in [0.5, 0.6) is 0 Å². The van der Waals surface area contributed by atoms with Gasteiger partial charge in [-0.3, -0.25) is 10.1 Å². The summed E-state index contributed by atoms with van der Waals surface area (Å²) in [6.45, 7) is 3.83. The summed E-state index contributed by atoms with van der Waals surface area (Å²) in [6, 6.07) is 18.8. The lowest BCUT2D eigenvalue weighted by atomic mass is 9.75. The predicted octanol–water partition coefficient (Wildman–Crippen LogP) is 6.57. The highest BCUT2D eigenvalue weighted by molar-refractivity contribution is 5.98. The third-order valence-electron chi connectivity index (χ3n) is 8.54. The van der Waals surface area contributed by atoms with Crippen LogP contribution in [-0.2, 0) is 13.1 Å². The average molecular weight is 513 g/mol. The van der Waals surface area contributed by atoms with Crippen LogP contribution in [-0.4, -0.2) is 29.1 Å². The highest BCUT2D eigenvalue weighted by Gasteiger charge is 2.31. The van der Waals surface area contributed by atoms with E-state index in [0.717, 1.165) is 37.0 Å². The number of nitrogens with one attached hydrogen (secondary N) is 1. The van der Waals surface area contributed by atoms with Crippen molar-refractivity contribution in [2.45, 2.75) is 45.2 Å². The molecule has 0 bridgehead atoms. The lowest BCUT2D eigenvalue weighted by Crippen LogP contribution is -2.41. The number of aromatic carboxylic acids is 1. The molecular formula is C30H32N4O4. The van der Waals surface area contributed by atoms with E-state index in [-0.39, 0.29) is 16.9 Å². The van der Waals surface area contributed by atoms with Crippen molar-refractivity contribution < 1.29 is 14.8 Å². The zero-order valence-corrected chi connectivity index (χ0v) is 21.3. The van der Waals surface area contributed by atoms with Gasteiger partial charge in [-0.15, -0.1) is 0 Å². The van der Waals surface area contributed by atoms with E-state index < -0.39 is 10.9 Å². The Balaban J connectivity index is 1.16. The number of carbonyl (C=O) groups is 1. The highest BCUT2D eigenvalue weighted by atomic mass is 16.6. The van der Waals surface area contributed by atoms with Crippen molar-refractivity contribution in [3.05, 3.63) is 87.5 Å². The van der Waals surface area contributed by atoms with Crippen molar-refractivity contribution in [3.63, 3.8) is 0 Å².